The molecule has 0 atom stereocenters. The van der Waals surface area contributed by atoms with Gasteiger partial charge in [-0.15, -0.1) is 0 Å². The molecule has 0 aliphatic heterocycles. The third-order valence-electron chi connectivity index (χ3n) is 3.12. The molecule has 7 heteroatoms. The van der Waals surface area contributed by atoms with Crippen LogP contribution in [0.5, 0.6) is 0 Å². The topological polar surface area (TPSA) is 86.7 Å². The first-order valence-electron chi connectivity index (χ1n) is 5.96. The lowest BCUT2D eigenvalue weighted by molar-refractivity contribution is -0.391. The molecule has 0 N–H and O–H groups in total. The van der Waals surface area contributed by atoms with Crippen LogP contribution in [0.25, 0.3) is 11.6 Å². The quantitative estimate of drug-likeness (QED) is 0.622. The third-order valence-corrected chi connectivity index (χ3v) is 3.12. The summed E-state index contributed by atoms with van der Waals surface area (Å²) in [6.07, 6.45) is 2.08. The van der Waals surface area contributed by atoms with Crippen molar-refractivity contribution < 1.29 is 4.92 Å². The highest BCUT2D eigenvalue weighted by atomic mass is 16.6. The molecule has 0 amide bonds. The summed E-state index contributed by atoms with van der Waals surface area (Å²) in [7, 11) is 1.59. The molecule has 7 nitrogen and oxygen atoms in total. The van der Waals surface area contributed by atoms with Gasteiger partial charge >= 0.3 is 5.82 Å². The molecule has 2 heterocycles. The van der Waals surface area contributed by atoms with Gasteiger partial charge in [-0.2, -0.15) is 0 Å². The van der Waals surface area contributed by atoms with E-state index in [2.05, 4.69) is 15.0 Å². The first kappa shape index (κ1) is 13.1. The van der Waals surface area contributed by atoms with Crippen LogP contribution in [-0.2, 0) is 13.5 Å². The van der Waals surface area contributed by atoms with Crippen LogP contribution in [0.15, 0.2) is 6.20 Å². The number of hydrogen-bond donors (Lipinski definition) is 0. The summed E-state index contributed by atoms with van der Waals surface area (Å²) in [4.78, 5) is 23.2. The summed E-state index contributed by atoms with van der Waals surface area (Å²) >= 11 is 0. The summed E-state index contributed by atoms with van der Waals surface area (Å²) in [5.74, 6) is 0.747. The fourth-order valence-electron chi connectivity index (χ4n) is 2.13. The maximum Gasteiger partial charge on any atom is 0.343 e. The Morgan fingerprint density at radius 2 is 1.89 bits per heavy atom. The molecule has 0 bridgehead atoms. The molecule has 0 aliphatic carbocycles. The van der Waals surface area contributed by atoms with E-state index in [1.165, 1.54) is 10.8 Å². The van der Waals surface area contributed by atoms with Crippen molar-refractivity contribution >= 4 is 5.82 Å². The Morgan fingerprint density at radius 3 is 2.32 bits per heavy atom. The lowest BCUT2D eigenvalue weighted by Gasteiger charge is -2.07. The Kier molecular flexibility index (Phi) is 3.28. The van der Waals surface area contributed by atoms with Crippen molar-refractivity contribution in [1.29, 1.82) is 0 Å². The third kappa shape index (κ3) is 2.18. The van der Waals surface area contributed by atoms with Crippen LogP contribution in [0.1, 0.15) is 23.9 Å². The van der Waals surface area contributed by atoms with E-state index in [0.717, 1.165) is 23.4 Å². The van der Waals surface area contributed by atoms with E-state index in [4.69, 9.17) is 0 Å². The van der Waals surface area contributed by atoms with Gasteiger partial charge in [0, 0.05) is 11.4 Å². The van der Waals surface area contributed by atoms with Gasteiger partial charge in [0.05, 0.1) is 7.05 Å². The lowest BCUT2D eigenvalue weighted by atomic mass is 10.1. The van der Waals surface area contributed by atoms with E-state index in [-0.39, 0.29) is 5.82 Å². The zero-order valence-corrected chi connectivity index (χ0v) is 11.3. The fraction of sp³-hybridized carbons (Fsp3) is 0.417. The van der Waals surface area contributed by atoms with Gasteiger partial charge in [-0.05, 0) is 30.8 Å². The average molecular weight is 261 g/mol. The number of nitrogens with zero attached hydrogens (tertiary/aromatic N) is 5. The van der Waals surface area contributed by atoms with Crippen LogP contribution < -0.4 is 0 Å². The minimum Gasteiger partial charge on any atom is -0.358 e. The second-order valence-electron chi connectivity index (χ2n) is 4.31. The largest absolute Gasteiger partial charge is 0.358 e. The second-order valence-corrected chi connectivity index (χ2v) is 4.31. The molecule has 2 rings (SSSR count). The normalized spacial score (nSPS) is 10.7. The number of rotatable bonds is 3. The van der Waals surface area contributed by atoms with Gasteiger partial charge in [-0.25, -0.2) is 19.5 Å². The highest BCUT2D eigenvalue weighted by molar-refractivity contribution is 5.49. The number of hydrogen-bond acceptors (Lipinski definition) is 5. The molecule has 0 aromatic carbocycles. The van der Waals surface area contributed by atoms with Gasteiger partial charge in [0.25, 0.3) is 5.82 Å². The summed E-state index contributed by atoms with van der Waals surface area (Å²) in [6, 6.07) is 0. The first-order chi connectivity index (χ1) is 8.95. The van der Waals surface area contributed by atoms with Crippen LogP contribution in [0.3, 0.4) is 0 Å². The van der Waals surface area contributed by atoms with E-state index in [1.807, 2.05) is 20.8 Å². The molecule has 0 spiro atoms. The highest BCUT2D eigenvalue weighted by Crippen LogP contribution is 2.21. The van der Waals surface area contributed by atoms with Gasteiger partial charge in [0.2, 0.25) is 5.82 Å². The molecule has 0 radical (unpaired) electrons. The van der Waals surface area contributed by atoms with Crippen LogP contribution >= 0.6 is 0 Å². The summed E-state index contributed by atoms with van der Waals surface area (Å²) < 4.78 is 1.39. The van der Waals surface area contributed by atoms with E-state index in [9.17, 15) is 10.1 Å². The van der Waals surface area contributed by atoms with Crippen LogP contribution in [0.4, 0.5) is 5.82 Å². The molecule has 0 fully saturated rings. The summed E-state index contributed by atoms with van der Waals surface area (Å²) in [5.41, 5.74) is 2.87. The predicted molar refractivity (Wildman–Crippen MR) is 69.7 cm³/mol. The molecule has 2 aromatic rings. The van der Waals surface area contributed by atoms with Crippen molar-refractivity contribution in [1.82, 2.24) is 19.5 Å². The minimum atomic E-state index is -0.476. The fourth-order valence-corrected chi connectivity index (χ4v) is 2.13. The van der Waals surface area contributed by atoms with Crippen LogP contribution in [0, 0.1) is 24.0 Å². The second kappa shape index (κ2) is 4.75. The maximum absolute atomic E-state index is 10.8. The Labute approximate surface area is 110 Å². The summed E-state index contributed by atoms with van der Waals surface area (Å²) in [6.45, 7) is 5.87. The van der Waals surface area contributed by atoms with Gasteiger partial charge < -0.3 is 10.1 Å². The Morgan fingerprint density at radius 1 is 1.32 bits per heavy atom. The van der Waals surface area contributed by atoms with Crippen molar-refractivity contribution in [2.45, 2.75) is 27.2 Å². The molecule has 19 heavy (non-hydrogen) atoms. The number of nitro groups is 1. The van der Waals surface area contributed by atoms with Crippen LogP contribution in [-0.4, -0.2) is 24.4 Å². The monoisotopic (exact) mass is 261 g/mol. The zero-order chi connectivity index (χ0) is 14.2. The lowest BCUT2D eigenvalue weighted by Crippen LogP contribution is -2.05. The Bertz CT molecular complexity index is 625. The highest BCUT2D eigenvalue weighted by Gasteiger charge is 2.21. The molecule has 2 aromatic heterocycles. The van der Waals surface area contributed by atoms with E-state index < -0.39 is 4.92 Å². The van der Waals surface area contributed by atoms with Crippen molar-refractivity contribution in [2.24, 2.45) is 7.05 Å². The number of aromatic nitrogens is 4. The standard InChI is InChI=1S/C12H15N5O2/c1-5-9-7(2)14-11(15-8(9)3)12-13-6-10(16(12)4)17(18)19/h6H,5H2,1-4H3. The minimum absolute atomic E-state index is 0.0755. The molecule has 0 saturated carbocycles. The molecule has 0 aliphatic rings. The molecule has 0 unspecified atom stereocenters. The van der Waals surface area contributed by atoms with E-state index in [0.29, 0.717) is 11.6 Å². The molecular formula is C12H15N5O2. The average Bonchev–Trinajstić information content (AvgIpc) is 2.70. The smallest absolute Gasteiger partial charge is 0.343 e. The Balaban J connectivity index is 2.57. The van der Waals surface area contributed by atoms with Crippen molar-refractivity contribution in [3.05, 3.63) is 33.3 Å². The van der Waals surface area contributed by atoms with E-state index >= 15 is 0 Å². The predicted octanol–water partition coefficient (Wildman–Crippen LogP) is 1.96. The first-order valence-corrected chi connectivity index (χ1v) is 5.96. The van der Waals surface area contributed by atoms with Crippen molar-refractivity contribution in [2.75, 3.05) is 0 Å². The summed E-state index contributed by atoms with van der Waals surface area (Å²) in [5, 5.41) is 10.8. The zero-order valence-electron chi connectivity index (χ0n) is 11.3. The molecule has 100 valence electrons. The molecule has 0 saturated heterocycles. The van der Waals surface area contributed by atoms with Crippen molar-refractivity contribution in [3.63, 3.8) is 0 Å². The number of imidazole rings is 1. The van der Waals surface area contributed by atoms with Crippen molar-refractivity contribution in [3.8, 4) is 11.6 Å². The SMILES string of the molecule is CCc1c(C)nc(-c2ncc([N+](=O)[O-])n2C)nc1C. The van der Waals surface area contributed by atoms with Gasteiger partial charge in [0.15, 0.2) is 0 Å². The number of aryl methyl sites for hydroxylation is 2. The molecular weight excluding hydrogens is 246 g/mol. The van der Waals surface area contributed by atoms with Gasteiger partial charge in [-0.3, -0.25) is 0 Å². The van der Waals surface area contributed by atoms with Gasteiger partial charge in [0.1, 0.15) is 6.20 Å². The van der Waals surface area contributed by atoms with Gasteiger partial charge in [-0.1, -0.05) is 6.92 Å². The maximum atomic E-state index is 10.8. The van der Waals surface area contributed by atoms with Crippen LogP contribution in [0.2, 0.25) is 0 Å². The Hall–Kier alpha value is -2.31. The van der Waals surface area contributed by atoms with E-state index in [1.54, 1.807) is 7.05 Å².